The van der Waals surface area contributed by atoms with Crippen LogP contribution in [0.4, 0.5) is 5.69 Å². The predicted octanol–water partition coefficient (Wildman–Crippen LogP) is 1.28. The molecule has 0 radical (unpaired) electrons. The molecule has 18 heavy (non-hydrogen) atoms. The van der Waals surface area contributed by atoms with E-state index >= 15 is 0 Å². The number of rotatable bonds is 4. The molecule has 1 aromatic rings. The number of benzene rings is 1. The molecule has 1 saturated heterocycles. The molecule has 5 heteroatoms. The van der Waals surface area contributed by atoms with Crippen LogP contribution in [0.3, 0.4) is 0 Å². The van der Waals surface area contributed by atoms with Crippen LogP contribution in [-0.4, -0.2) is 25.1 Å². The van der Waals surface area contributed by atoms with Crippen LogP contribution in [0.1, 0.15) is 12.8 Å². The van der Waals surface area contributed by atoms with E-state index in [9.17, 15) is 4.79 Å². The third-order valence-electron chi connectivity index (χ3n) is 2.80. The smallest absolute Gasteiger partial charge is 0.241 e. The van der Waals surface area contributed by atoms with Gasteiger partial charge in [0.25, 0.3) is 0 Å². The molecule has 1 aliphatic heterocycles. The van der Waals surface area contributed by atoms with Gasteiger partial charge in [0.2, 0.25) is 5.91 Å². The molecule has 0 unspecified atom stereocenters. The monoisotopic (exact) mass is 245 g/mol. The summed E-state index contributed by atoms with van der Waals surface area (Å²) in [5.41, 5.74) is 0.734. The Morgan fingerprint density at radius 2 is 2.28 bits per heavy atom. The fourth-order valence-corrected chi connectivity index (χ4v) is 1.89. The summed E-state index contributed by atoms with van der Waals surface area (Å²) in [6.45, 7) is 0.927. The Morgan fingerprint density at radius 1 is 1.50 bits per heavy atom. The first-order valence-corrected chi connectivity index (χ1v) is 5.93. The number of nitriles is 1. The van der Waals surface area contributed by atoms with Gasteiger partial charge in [-0.1, -0.05) is 0 Å². The molecule has 0 bridgehead atoms. The number of hydrogen-bond donors (Lipinski definition) is 2. The van der Waals surface area contributed by atoms with E-state index in [1.807, 2.05) is 6.07 Å². The van der Waals surface area contributed by atoms with Gasteiger partial charge >= 0.3 is 0 Å². The lowest BCUT2D eigenvalue weighted by atomic mass is 10.2. The summed E-state index contributed by atoms with van der Waals surface area (Å²) < 4.78 is 5.13. The number of amides is 1. The summed E-state index contributed by atoms with van der Waals surface area (Å²) in [5, 5.41) is 14.4. The number of ether oxygens (including phenoxy) is 1. The molecule has 2 rings (SSSR count). The molecule has 1 aliphatic rings. The van der Waals surface area contributed by atoms with Crippen molar-refractivity contribution in [2.75, 3.05) is 18.5 Å². The molecule has 5 nitrogen and oxygen atoms in total. The first kappa shape index (κ1) is 12.4. The summed E-state index contributed by atoms with van der Waals surface area (Å²) in [7, 11) is 0. The van der Waals surface area contributed by atoms with E-state index < -0.39 is 0 Å². The van der Waals surface area contributed by atoms with E-state index in [0.29, 0.717) is 5.75 Å². The SMILES string of the molecule is N#CCOc1ccc(NC(=O)[C@@H]2CCCN2)cc1. The molecule has 2 N–H and O–H groups in total. The second kappa shape index (κ2) is 6.03. The number of anilines is 1. The summed E-state index contributed by atoms with van der Waals surface area (Å²) >= 11 is 0. The largest absolute Gasteiger partial charge is 0.479 e. The zero-order chi connectivity index (χ0) is 12.8. The third kappa shape index (κ3) is 3.22. The highest BCUT2D eigenvalue weighted by atomic mass is 16.5. The highest BCUT2D eigenvalue weighted by Gasteiger charge is 2.21. The van der Waals surface area contributed by atoms with Gasteiger partial charge in [-0.2, -0.15) is 5.26 Å². The minimum Gasteiger partial charge on any atom is -0.479 e. The third-order valence-corrected chi connectivity index (χ3v) is 2.80. The second-order valence-electron chi connectivity index (χ2n) is 4.11. The lowest BCUT2D eigenvalue weighted by Crippen LogP contribution is -2.35. The van der Waals surface area contributed by atoms with Gasteiger partial charge in [0, 0.05) is 5.69 Å². The Labute approximate surface area is 106 Å². The van der Waals surface area contributed by atoms with Crippen LogP contribution in [0.2, 0.25) is 0 Å². The maximum Gasteiger partial charge on any atom is 0.241 e. The topological polar surface area (TPSA) is 74.1 Å². The summed E-state index contributed by atoms with van der Waals surface area (Å²) in [6, 6.07) is 8.81. The number of nitrogens with one attached hydrogen (secondary N) is 2. The predicted molar refractivity (Wildman–Crippen MR) is 67.2 cm³/mol. The van der Waals surface area contributed by atoms with E-state index in [2.05, 4.69) is 10.6 Å². The minimum absolute atomic E-state index is 0.00167. The highest BCUT2D eigenvalue weighted by Crippen LogP contribution is 2.16. The molecule has 0 saturated carbocycles. The van der Waals surface area contributed by atoms with Crippen molar-refractivity contribution in [1.29, 1.82) is 5.26 Å². The lowest BCUT2D eigenvalue weighted by Gasteiger charge is -2.11. The molecule has 1 aromatic carbocycles. The van der Waals surface area contributed by atoms with Gasteiger partial charge in [-0.3, -0.25) is 4.79 Å². The fourth-order valence-electron chi connectivity index (χ4n) is 1.89. The molecular formula is C13H15N3O2. The Kier molecular flexibility index (Phi) is 4.15. The molecule has 94 valence electrons. The summed E-state index contributed by atoms with van der Waals surface area (Å²) in [4.78, 5) is 11.8. The van der Waals surface area contributed by atoms with Crippen LogP contribution in [0.25, 0.3) is 0 Å². The van der Waals surface area contributed by atoms with Gasteiger partial charge in [-0.15, -0.1) is 0 Å². The molecule has 1 amide bonds. The molecule has 0 aliphatic carbocycles. The minimum atomic E-state index is -0.0838. The van der Waals surface area contributed by atoms with Gasteiger partial charge in [-0.05, 0) is 43.7 Å². The van der Waals surface area contributed by atoms with E-state index in [1.54, 1.807) is 24.3 Å². The number of carbonyl (C=O) groups excluding carboxylic acids is 1. The number of hydrogen-bond acceptors (Lipinski definition) is 4. The van der Waals surface area contributed by atoms with Crippen LogP contribution < -0.4 is 15.4 Å². The maximum absolute atomic E-state index is 11.8. The van der Waals surface area contributed by atoms with Crippen molar-refractivity contribution in [3.63, 3.8) is 0 Å². The van der Waals surface area contributed by atoms with E-state index in [1.165, 1.54) is 0 Å². The Bertz CT molecular complexity index is 444. The highest BCUT2D eigenvalue weighted by molar-refractivity contribution is 5.95. The fraction of sp³-hybridized carbons (Fsp3) is 0.385. The van der Waals surface area contributed by atoms with Crippen LogP contribution in [0.5, 0.6) is 5.75 Å². The zero-order valence-corrected chi connectivity index (χ0v) is 9.98. The van der Waals surface area contributed by atoms with Gasteiger partial charge < -0.3 is 15.4 Å². The molecule has 0 spiro atoms. The van der Waals surface area contributed by atoms with Gasteiger partial charge in [0.15, 0.2) is 6.61 Å². The van der Waals surface area contributed by atoms with Crippen molar-refractivity contribution < 1.29 is 9.53 Å². The number of nitrogens with zero attached hydrogens (tertiary/aromatic N) is 1. The second-order valence-corrected chi connectivity index (χ2v) is 4.11. The van der Waals surface area contributed by atoms with Gasteiger partial charge in [0.05, 0.1) is 6.04 Å². The van der Waals surface area contributed by atoms with Crippen molar-refractivity contribution in [1.82, 2.24) is 5.32 Å². The standard InChI is InChI=1S/C13H15N3O2/c14-7-9-18-11-5-3-10(4-6-11)16-13(17)12-2-1-8-15-12/h3-6,12,15H,1-2,8-9H2,(H,16,17)/t12-/m0/s1. The van der Waals surface area contributed by atoms with Crippen molar-refractivity contribution in [2.24, 2.45) is 0 Å². The maximum atomic E-state index is 11.8. The van der Waals surface area contributed by atoms with Crippen LogP contribution in [-0.2, 0) is 4.79 Å². The zero-order valence-electron chi connectivity index (χ0n) is 9.98. The first-order chi connectivity index (χ1) is 8.79. The van der Waals surface area contributed by atoms with E-state index in [-0.39, 0.29) is 18.6 Å². The Balaban J connectivity index is 1.89. The van der Waals surface area contributed by atoms with Crippen LogP contribution in [0, 0.1) is 11.3 Å². The molecule has 1 heterocycles. The molecule has 0 aromatic heterocycles. The van der Waals surface area contributed by atoms with Crippen molar-refractivity contribution in [2.45, 2.75) is 18.9 Å². The quantitative estimate of drug-likeness (QED) is 0.838. The Morgan fingerprint density at radius 3 is 2.89 bits per heavy atom. The molecule has 1 fully saturated rings. The van der Waals surface area contributed by atoms with Crippen LogP contribution >= 0.6 is 0 Å². The van der Waals surface area contributed by atoms with Crippen molar-refractivity contribution in [3.8, 4) is 11.8 Å². The summed E-state index contributed by atoms with van der Waals surface area (Å²) in [5.74, 6) is 0.617. The van der Waals surface area contributed by atoms with Gasteiger partial charge in [-0.25, -0.2) is 0 Å². The van der Waals surface area contributed by atoms with Gasteiger partial charge in [0.1, 0.15) is 11.8 Å². The lowest BCUT2D eigenvalue weighted by molar-refractivity contribution is -0.117. The molecular weight excluding hydrogens is 230 g/mol. The normalized spacial score (nSPS) is 18.1. The average molecular weight is 245 g/mol. The molecule has 1 atom stereocenters. The Hall–Kier alpha value is -2.06. The van der Waals surface area contributed by atoms with Crippen molar-refractivity contribution >= 4 is 11.6 Å². The van der Waals surface area contributed by atoms with E-state index in [0.717, 1.165) is 25.1 Å². The van der Waals surface area contributed by atoms with E-state index in [4.69, 9.17) is 10.00 Å². The van der Waals surface area contributed by atoms with Crippen molar-refractivity contribution in [3.05, 3.63) is 24.3 Å². The number of carbonyl (C=O) groups is 1. The average Bonchev–Trinajstić information content (AvgIpc) is 2.92. The first-order valence-electron chi connectivity index (χ1n) is 5.93. The summed E-state index contributed by atoms with van der Waals surface area (Å²) in [6.07, 6.45) is 1.92. The van der Waals surface area contributed by atoms with Crippen LogP contribution in [0.15, 0.2) is 24.3 Å².